The molecular weight excluding hydrogens is 455 g/mol. The van der Waals surface area contributed by atoms with Crippen molar-refractivity contribution in [2.24, 2.45) is 10.4 Å². The Morgan fingerprint density at radius 2 is 2.07 bits per heavy atom. The fraction of sp³-hybridized carbons (Fsp3) is 0.650. The number of methoxy groups -OCH3 is 1. The van der Waals surface area contributed by atoms with Crippen molar-refractivity contribution in [3.8, 4) is 5.75 Å². The molecule has 1 spiro atoms. The summed E-state index contributed by atoms with van der Waals surface area (Å²) in [5.41, 5.74) is 1.61. The van der Waals surface area contributed by atoms with Gasteiger partial charge < -0.3 is 24.6 Å². The first-order valence-corrected chi connectivity index (χ1v) is 9.41. The largest absolute Gasteiger partial charge is 0.497 e. The summed E-state index contributed by atoms with van der Waals surface area (Å²) in [5.74, 6) is 1.88. The third-order valence-electron chi connectivity index (χ3n) is 5.71. The maximum absolute atomic E-state index is 5.65. The van der Waals surface area contributed by atoms with Crippen LogP contribution in [0.3, 0.4) is 0 Å². The fourth-order valence-electron chi connectivity index (χ4n) is 4.03. The molecule has 0 radical (unpaired) electrons. The number of guanidine groups is 1. The minimum atomic E-state index is 0. The van der Waals surface area contributed by atoms with Gasteiger partial charge in [0, 0.05) is 38.7 Å². The average Bonchev–Trinajstić information content (AvgIpc) is 3.29. The minimum Gasteiger partial charge on any atom is -0.497 e. The highest BCUT2D eigenvalue weighted by Gasteiger charge is 2.42. The number of likely N-dealkylation sites (N-methyl/N-ethyl adjacent to an activating group) is 1. The van der Waals surface area contributed by atoms with Gasteiger partial charge in [-0.3, -0.25) is 4.99 Å². The van der Waals surface area contributed by atoms with E-state index in [-0.39, 0.29) is 30.0 Å². The molecule has 152 valence electrons. The average molecular weight is 488 g/mol. The maximum Gasteiger partial charge on any atom is 0.193 e. The van der Waals surface area contributed by atoms with Gasteiger partial charge in [-0.15, -0.1) is 24.0 Å². The first-order chi connectivity index (χ1) is 12.6. The van der Waals surface area contributed by atoms with Crippen molar-refractivity contribution in [2.75, 3.05) is 61.1 Å². The molecule has 1 aromatic rings. The number of hydrogen-bond acceptors (Lipinski definition) is 4. The van der Waals surface area contributed by atoms with E-state index < -0.39 is 0 Å². The highest BCUT2D eigenvalue weighted by Crippen LogP contribution is 2.38. The van der Waals surface area contributed by atoms with E-state index in [1.165, 1.54) is 18.4 Å². The molecule has 0 aliphatic carbocycles. The van der Waals surface area contributed by atoms with Crippen LogP contribution in [0.2, 0.25) is 0 Å². The van der Waals surface area contributed by atoms with Gasteiger partial charge in [0.25, 0.3) is 0 Å². The van der Waals surface area contributed by atoms with E-state index in [1.54, 1.807) is 7.11 Å². The highest BCUT2D eigenvalue weighted by molar-refractivity contribution is 14.0. The SMILES string of the molecule is CN=C(NCC(c1ccc(OC)cc1)N(C)C)N1CCC2(CCOC2)C1.I. The van der Waals surface area contributed by atoms with E-state index in [9.17, 15) is 0 Å². The van der Waals surface area contributed by atoms with Crippen LogP contribution >= 0.6 is 24.0 Å². The van der Waals surface area contributed by atoms with E-state index in [4.69, 9.17) is 9.47 Å². The molecule has 1 N–H and O–H groups in total. The van der Waals surface area contributed by atoms with Crippen molar-refractivity contribution >= 4 is 29.9 Å². The summed E-state index contributed by atoms with van der Waals surface area (Å²) in [4.78, 5) is 9.15. The summed E-state index contributed by atoms with van der Waals surface area (Å²) in [5, 5.41) is 3.59. The summed E-state index contributed by atoms with van der Waals surface area (Å²) in [6, 6.07) is 8.57. The number of halogens is 1. The predicted octanol–water partition coefficient (Wildman–Crippen LogP) is 2.60. The van der Waals surface area contributed by atoms with Gasteiger partial charge in [0.2, 0.25) is 0 Å². The first kappa shape index (κ1) is 22.2. The molecular formula is C20H33IN4O2. The van der Waals surface area contributed by atoms with Crippen LogP contribution in [0.1, 0.15) is 24.4 Å². The van der Waals surface area contributed by atoms with Gasteiger partial charge in [-0.2, -0.15) is 0 Å². The number of benzene rings is 1. The minimum absolute atomic E-state index is 0. The lowest BCUT2D eigenvalue weighted by Crippen LogP contribution is -2.44. The van der Waals surface area contributed by atoms with Gasteiger partial charge in [-0.05, 0) is 44.6 Å². The number of nitrogens with one attached hydrogen (secondary N) is 1. The second-order valence-corrected chi connectivity index (χ2v) is 7.65. The van der Waals surface area contributed by atoms with Crippen LogP contribution in [0.5, 0.6) is 5.75 Å². The van der Waals surface area contributed by atoms with Crippen LogP contribution in [0, 0.1) is 5.41 Å². The zero-order chi connectivity index (χ0) is 18.6. The normalized spacial score (nSPS) is 23.6. The topological polar surface area (TPSA) is 49.3 Å². The summed E-state index contributed by atoms with van der Waals surface area (Å²) >= 11 is 0. The molecule has 2 aliphatic heterocycles. The van der Waals surface area contributed by atoms with Crippen molar-refractivity contribution in [3.05, 3.63) is 29.8 Å². The van der Waals surface area contributed by atoms with Gasteiger partial charge in [-0.25, -0.2) is 0 Å². The van der Waals surface area contributed by atoms with Crippen molar-refractivity contribution in [1.29, 1.82) is 0 Å². The number of likely N-dealkylation sites (tertiary alicyclic amines) is 1. The number of hydrogen-bond donors (Lipinski definition) is 1. The third kappa shape index (κ3) is 5.26. The van der Waals surface area contributed by atoms with Gasteiger partial charge in [-0.1, -0.05) is 12.1 Å². The molecule has 2 saturated heterocycles. The molecule has 3 rings (SSSR count). The molecule has 7 heteroatoms. The Labute approximate surface area is 180 Å². The monoisotopic (exact) mass is 488 g/mol. The van der Waals surface area contributed by atoms with E-state index >= 15 is 0 Å². The highest BCUT2D eigenvalue weighted by atomic mass is 127. The van der Waals surface area contributed by atoms with Crippen LogP contribution in [-0.4, -0.2) is 76.9 Å². The van der Waals surface area contributed by atoms with E-state index in [0.29, 0.717) is 5.41 Å². The summed E-state index contributed by atoms with van der Waals surface area (Å²) in [7, 11) is 7.79. The van der Waals surface area contributed by atoms with Crippen LogP contribution in [0.4, 0.5) is 0 Å². The standard InChI is InChI=1S/C20H32N4O2.HI/c1-21-19(24-11-9-20(14-24)10-12-26-15-20)22-13-18(23(2)3)16-5-7-17(25-4)8-6-16;/h5-8,18H,9-15H2,1-4H3,(H,21,22);1H. The number of rotatable bonds is 5. The Morgan fingerprint density at radius 1 is 1.33 bits per heavy atom. The van der Waals surface area contributed by atoms with Crippen LogP contribution < -0.4 is 10.1 Å². The molecule has 0 saturated carbocycles. The summed E-state index contributed by atoms with van der Waals surface area (Å²) in [6.45, 7) is 4.71. The van der Waals surface area contributed by atoms with Crippen molar-refractivity contribution in [1.82, 2.24) is 15.1 Å². The zero-order valence-electron chi connectivity index (χ0n) is 16.9. The lowest BCUT2D eigenvalue weighted by Gasteiger charge is -2.29. The molecule has 0 amide bonds. The molecule has 2 heterocycles. The van der Waals surface area contributed by atoms with Crippen molar-refractivity contribution in [2.45, 2.75) is 18.9 Å². The van der Waals surface area contributed by atoms with Gasteiger partial charge in [0.15, 0.2) is 5.96 Å². The Bertz CT molecular complexity index is 615. The fourth-order valence-corrected chi connectivity index (χ4v) is 4.03. The molecule has 2 atom stereocenters. The van der Waals surface area contributed by atoms with Crippen LogP contribution in [0.15, 0.2) is 29.3 Å². The molecule has 2 aliphatic rings. The number of nitrogens with zero attached hydrogens (tertiary/aromatic N) is 3. The van der Waals surface area contributed by atoms with E-state index in [2.05, 4.69) is 46.3 Å². The van der Waals surface area contributed by atoms with E-state index in [1.807, 2.05) is 19.2 Å². The molecule has 2 fully saturated rings. The third-order valence-corrected chi connectivity index (χ3v) is 5.71. The second-order valence-electron chi connectivity index (χ2n) is 7.65. The molecule has 1 aromatic carbocycles. The Balaban J connectivity index is 0.00000261. The van der Waals surface area contributed by atoms with E-state index in [0.717, 1.165) is 44.6 Å². The van der Waals surface area contributed by atoms with Crippen LogP contribution in [-0.2, 0) is 4.74 Å². The summed E-state index contributed by atoms with van der Waals surface area (Å²) in [6.07, 6.45) is 2.37. The zero-order valence-corrected chi connectivity index (χ0v) is 19.2. The Kier molecular flexibility index (Phi) is 8.18. The lowest BCUT2D eigenvalue weighted by molar-refractivity contribution is 0.156. The maximum atomic E-state index is 5.65. The van der Waals surface area contributed by atoms with Gasteiger partial charge in [0.1, 0.15) is 5.75 Å². The quantitative estimate of drug-likeness (QED) is 0.393. The van der Waals surface area contributed by atoms with Gasteiger partial charge in [0.05, 0.1) is 19.8 Å². The summed E-state index contributed by atoms with van der Waals surface area (Å²) < 4.78 is 10.9. The Hall–Kier alpha value is -1.06. The number of ether oxygens (including phenoxy) is 2. The second kappa shape index (κ2) is 9.93. The van der Waals surface area contributed by atoms with Crippen molar-refractivity contribution < 1.29 is 9.47 Å². The van der Waals surface area contributed by atoms with Crippen molar-refractivity contribution in [3.63, 3.8) is 0 Å². The molecule has 6 nitrogen and oxygen atoms in total. The molecule has 0 bridgehead atoms. The van der Waals surface area contributed by atoms with Crippen LogP contribution in [0.25, 0.3) is 0 Å². The molecule has 2 unspecified atom stereocenters. The molecule has 27 heavy (non-hydrogen) atoms. The molecule has 0 aromatic heterocycles. The number of aliphatic imine (C=N–C) groups is 1. The van der Waals surface area contributed by atoms with Gasteiger partial charge >= 0.3 is 0 Å². The predicted molar refractivity (Wildman–Crippen MR) is 120 cm³/mol. The first-order valence-electron chi connectivity index (χ1n) is 9.41. The smallest absolute Gasteiger partial charge is 0.193 e. The lowest BCUT2D eigenvalue weighted by atomic mass is 9.87. The Morgan fingerprint density at radius 3 is 2.63 bits per heavy atom.